The molecule has 33 heavy (non-hydrogen) atoms. The summed E-state index contributed by atoms with van der Waals surface area (Å²) in [5, 5.41) is 14.8. The number of hydrogen-bond donors (Lipinski definition) is 3. The van der Waals surface area contributed by atoms with Crippen LogP contribution in [0, 0.1) is 0 Å². The molecule has 6 nitrogen and oxygen atoms in total. The van der Waals surface area contributed by atoms with E-state index in [9.17, 15) is 5.11 Å². The van der Waals surface area contributed by atoms with Gasteiger partial charge in [-0.3, -0.25) is 0 Å². The Morgan fingerprint density at radius 3 is 2.73 bits per heavy atom. The summed E-state index contributed by atoms with van der Waals surface area (Å²) in [6.45, 7) is 3.49. The smallest absolute Gasteiger partial charge is 0.0991 e. The molecule has 2 aromatic heterocycles. The first-order valence-electron chi connectivity index (χ1n) is 12.0. The average Bonchev–Trinajstić information content (AvgIpc) is 3.54. The van der Waals surface area contributed by atoms with E-state index in [0.29, 0.717) is 6.04 Å². The zero-order valence-corrected chi connectivity index (χ0v) is 19.0. The van der Waals surface area contributed by atoms with Crippen LogP contribution in [0.15, 0.2) is 73.4 Å². The monoisotopic (exact) mass is 443 g/mol. The minimum absolute atomic E-state index is 0.0248. The van der Waals surface area contributed by atoms with Crippen LogP contribution in [0.3, 0.4) is 0 Å². The molecule has 0 amide bonds. The number of nitrogens with one attached hydrogen (secondary N) is 2. The van der Waals surface area contributed by atoms with Crippen molar-refractivity contribution in [1.82, 2.24) is 24.8 Å². The van der Waals surface area contributed by atoms with Crippen LogP contribution in [-0.2, 0) is 6.42 Å². The lowest BCUT2D eigenvalue weighted by molar-refractivity contribution is 0.171. The van der Waals surface area contributed by atoms with Gasteiger partial charge in [0, 0.05) is 41.2 Å². The fourth-order valence-corrected chi connectivity index (χ4v) is 4.99. The fourth-order valence-electron chi connectivity index (χ4n) is 4.99. The second-order valence-corrected chi connectivity index (χ2v) is 9.05. The Morgan fingerprint density at radius 1 is 1.12 bits per heavy atom. The molecule has 1 atom stereocenters. The van der Waals surface area contributed by atoms with E-state index in [1.807, 2.05) is 41.5 Å². The van der Waals surface area contributed by atoms with E-state index in [-0.39, 0.29) is 12.6 Å². The lowest BCUT2D eigenvalue weighted by Gasteiger charge is -2.34. The number of fused-ring (bicyclic) bond motifs is 1. The SMILES string of the molecule is OCC(NC1CCN(CCCc2c[nH]c3ccc(-n4ccnc4)cc23)CC1)c1ccccc1. The molecule has 1 aliphatic heterocycles. The van der Waals surface area contributed by atoms with Crippen molar-refractivity contribution in [2.24, 2.45) is 0 Å². The molecular weight excluding hydrogens is 410 g/mol. The molecule has 0 saturated carbocycles. The Morgan fingerprint density at radius 2 is 1.97 bits per heavy atom. The summed E-state index contributed by atoms with van der Waals surface area (Å²) in [4.78, 5) is 10.2. The van der Waals surface area contributed by atoms with Crippen LogP contribution in [0.25, 0.3) is 16.6 Å². The van der Waals surface area contributed by atoms with E-state index in [1.54, 1.807) is 0 Å². The Kier molecular flexibility index (Phi) is 6.86. The maximum absolute atomic E-state index is 9.83. The lowest BCUT2D eigenvalue weighted by atomic mass is 10.0. The van der Waals surface area contributed by atoms with Gasteiger partial charge in [-0.1, -0.05) is 30.3 Å². The lowest BCUT2D eigenvalue weighted by Crippen LogP contribution is -2.44. The quantitative estimate of drug-likeness (QED) is 0.365. The molecular formula is C27H33N5O. The Bertz CT molecular complexity index is 1130. The van der Waals surface area contributed by atoms with E-state index in [0.717, 1.165) is 56.6 Å². The standard InChI is InChI=1S/C27H33N5O/c33-19-27(21-5-2-1-3-6-21)30-23-10-14-31(15-11-23)13-4-7-22-18-29-26-9-8-24(17-25(22)26)32-16-12-28-20-32/h1-3,5-6,8-9,12,16-18,20,23,27,29-30,33H,4,7,10-11,13-15,19H2. The molecule has 5 rings (SSSR count). The normalized spacial score (nSPS) is 16.4. The molecule has 2 aromatic carbocycles. The average molecular weight is 444 g/mol. The van der Waals surface area contributed by atoms with E-state index >= 15 is 0 Å². The van der Waals surface area contributed by atoms with E-state index in [1.165, 1.54) is 16.5 Å². The van der Waals surface area contributed by atoms with Crippen LogP contribution in [0.2, 0.25) is 0 Å². The Labute approximate surface area is 195 Å². The largest absolute Gasteiger partial charge is 0.394 e. The third-order valence-corrected chi connectivity index (χ3v) is 6.88. The van der Waals surface area contributed by atoms with Gasteiger partial charge in [0.1, 0.15) is 0 Å². The van der Waals surface area contributed by atoms with E-state index in [2.05, 4.69) is 56.7 Å². The third kappa shape index (κ3) is 5.19. The van der Waals surface area contributed by atoms with Gasteiger partial charge < -0.3 is 24.9 Å². The predicted octanol–water partition coefficient (Wildman–Crippen LogP) is 4.07. The molecule has 1 fully saturated rings. The second kappa shape index (κ2) is 10.3. The van der Waals surface area contributed by atoms with Gasteiger partial charge in [0.15, 0.2) is 0 Å². The summed E-state index contributed by atoms with van der Waals surface area (Å²) in [5.41, 5.74) is 4.89. The predicted molar refractivity (Wildman–Crippen MR) is 133 cm³/mol. The molecule has 4 aromatic rings. The fraction of sp³-hybridized carbons (Fsp3) is 0.370. The van der Waals surface area contributed by atoms with Crippen LogP contribution in [0.5, 0.6) is 0 Å². The molecule has 0 aliphatic carbocycles. The highest BCUT2D eigenvalue weighted by Gasteiger charge is 2.22. The molecule has 3 heterocycles. The number of rotatable bonds is 9. The van der Waals surface area contributed by atoms with Crippen molar-refractivity contribution in [3.05, 3.63) is 84.6 Å². The number of aromatic nitrogens is 3. The highest BCUT2D eigenvalue weighted by molar-refractivity contribution is 5.85. The number of piperidine rings is 1. The summed E-state index contributed by atoms with van der Waals surface area (Å²) in [5.74, 6) is 0. The first kappa shape index (κ1) is 21.9. The maximum atomic E-state index is 9.83. The minimum atomic E-state index is 0.0248. The molecule has 0 spiro atoms. The third-order valence-electron chi connectivity index (χ3n) is 6.88. The summed E-state index contributed by atoms with van der Waals surface area (Å²) >= 11 is 0. The van der Waals surface area contributed by atoms with Crippen LogP contribution >= 0.6 is 0 Å². The van der Waals surface area contributed by atoms with Crippen LogP contribution < -0.4 is 5.32 Å². The van der Waals surface area contributed by atoms with Gasteiger partial charge in [-0.15, -0.1) is 0 Å². The van der Waals surface area contributed by atoms with Crippen molar-refractivity contribution in [3.8, 4) is 5.69 Å². The first-order chi connectivity index (χ1) is 16.3. The van der Waals surface area contributed by atoms with Crippen LogP contribution in [0.1, 0.15) is 36.4 Å². The number of H-pyrrole nitrogens is 1. The zero-order valence-electron chi connectivity index (χ0n) is 19.0. The van der Waals surface area contributed by atoms with E-state index in [4.69, 9.17) is 0 Å². The molecule has 0 bridgehead atoms. The van der Waals surface area contributed by atoms with Crippen molar-refractivity contribution < 1.29 is 5.11 Å². The van der Waals surface area contributed by atoms with Crippen molar-refractivity contribution in [2.45, 2.75) is 37.8 Å². The van der Waals surface area contributed by atoms with Gasteiger partial charge in [0.2, 0.25) is 0 Å². The van der Waals surface area contributed by atoms with Crippen molar-refractivity contribution in [1.29, 1.82) is 0 Å². The van der Waals surface area contributed by atoms with Crippen LogP contribution in [0.4, 0.5) is 0 Å². The summed E-state index contributed by atoms with van der Waals surface area (Å²) in [6.07, 6.45) is 12.3. The van der Waals surface area contributed by atoms with Gasteiger partial charge in [-0.2, -0.15) is 0 Å². The second-order valence-electron chi connectivity index (χ2n) is 9.05. The number of imidazole rings is 1. The molecule has 1 aliphatic rings. The van der Waals surface area contributed by atoms with Crippen molar-refractivity contribution in [3.63, 3.8) is 0 Å². The number of aliphatic hydroxyl groups excluding tert-OH is 1. The van der Waals surface area contributed by atoms with Crippen molar-refractivity contribution >= 4 is 10.9 Å². The maximum Gasteiger partial charge on any atom is 0.0991 e. The molecule has 0 radical (unpaired) electrons. The Balaban J connectivity index is 1.11. The van der Waals surface area contributed by atoms with Crippen molar-refractivity contribution in [2.75, 3.05) is 26.2 Å². The highest BCUT2D eigenvalue weighted by atomic mass is 16.3. The van der Waals surface area contributed by atoms with Gasteiger partial charge in [-0.05, 0) is 74.6 Å². The summed E-state index contributed by atoms with van der Waals surface area (Å²) in [6, 6.07) is 17.3. The number of aryl methyl sites for hydroxylation is 1. The molecule has 3 N–H and O–H groups in total. The molecule has 172 valence electrons. The first-order valence-corrected chi connectivity index (χ1v) is 12.0. The number of benzene rings is 2. The Hall–Kier alpha value is -2.93. The molecule has 6 heteroatoms. The topological polar surface area (TPSA) is 69.1 Å². The van der Waals surface area contributed by atoms with Crippen LogP contribution in [-0.4, -0.2) is 56.8 Å². The summed E-state index contributed by atoms with van der Waals surface area (Å²) in [7, 11) is 0. The number of aliphatic hydroxyl groups is 1. The van der Waals surface area contributed by atoms with E-state index < -0.39 is 0 Å². The summed E-state index contributed by atoms with van der Waals surface area (Å²) < 4.78 is 2.05. The van der Waals surface area contributed by atoms with Gasteiger partial charge in [0.05, 0.1) is 19.0 Å². The van der Waals surface area contributed by atoms with Gasteiger partial charge in [0.25, 0.3) is 0 Å². The minimum Gasteiger partial charge on any atom is -0.394 e. The highest BCUT2D eigenvalue weighted by Crippen LogP contribution is 2.23. The number of nitrogens with zero attached hydrogens (tertiary/aromatic N) is 3. The number of hydrogen-bond acceptors (Lipinski definition) is 4. The zero-order chi connectivity index (χ0) is 22.5. The molecule has 1 unspecified atom stereocenters. The van der Waals surface area contributed by atoms with Gasteiger partial charge in [-0.25, -0.2) is 4.98 Å². The number of likely N-dealkylation sites (tertiary alicyclic amines) is 1. The van der Waals surface area contributed by atoms with Gasteiger partial charge >= 0.3 is 0 Å². The number of aromatic amines is 1. The molecule has 1 saturated heterocycles.